The Balaban J connectivity index is 1.99. The molecular weight excluding hydrogens is 331 g/mol. The lowest BCUT2D eigenvalue weighted by Gasteiger charge is -2.40. The van der Waals surface area contributed by atoms with E-state index in [1.54, 1.807) is 6.92 Å². The predicted molar refractivity (Wildman–Crippen MR) is 111 cm³/mol. The summed E-state index contributed by atoms with van der Waals surface area (Å²) in [6.45, 7) is 1.66. The summed E-state index contributed by atoms with van der Waals surface area (Å²) < 4.78 is 2.30. The van der Waals surface area contributed by atoms with Crippen molar-refractivity contribution in [2.24, 2.45) is 0 Å². The van der Waals surface area contributed by atoms with E-state index in [9.17, 15) is 4.79 Å². The van der Waals surface area contributed by atoms with E-state index in [4.69, 9.17) is 0 Å². The number of para-hydroxylation sites is 1. The third-order valence-electron chi connectivity index (χ3n) is 5.73. The minimum absolute atomic E-state index is 0.0407. The molecule has 0 unspecified atom stereocenters. The second kappa shape index (κ2) is 5.81. The number of aromatic nitrogens is 1. The lowest BCUT2D eigenvalue weighted by Crippen LogP contribution is -2.85. The van der Waals surface area contributed by atoms with E-state index >= 15 is 0 Å². The highest BCUT2D eigenvalue weighted by atomic mass is 16.2. The molecule has 3 nitrogen and oxygen atoms in total. The molecule has 1 aromatic heterocycles. The van der Waals surface area contributed by atoms with E-state index in [-0.39, 0.29) is 5.91 Å². The Morgan fingerprint density at radius 1 is 0.778 bits per heavy atom. The summed E-state index contributed by atoms with van der Waals surface area (Å²) in [5, 5.41) is 1.14. The van der Waals surface area contributed by atoms with Gasteiger partial charge in [0.2, 0.25) is 0 Å². The molecule has 0 saturated carbocycles. The molecule has 3 aromatic carbocycles. The van der Waals surface area contributed by atoms with Crippen molar-refractivity contribution in [1.82, 2.24) is 0 Å². The van der Waals surface area contributed by atoms with E-state index in [2.05, 4.69) is 59.2 Å². The molecule has 1 aliphatic heterocycles. The van der Waals surface area contributed by atoms with Crippen molar-refractivity contribution in [3.63, 3.8) is 0 Å². The van der Waals surface area contributed by atoms with Crippen LogP contribution in [0, 0.1) is 0 Å². The molecule has 27 heavy (non-hydrogen) atoms. The molecule has 0 saturated heterocycles. The lowest BCUT2D eigenvalue weighted by atomic mass is 9.36. The number of anilines is 1. The number of carbonyl (C=O) groups excluding carboxylic acids is 1. The zero-order chi connectivity index (χ0) is 18.4. The van der Waals surface area contributed by atoms with E-state index < -0.39 is 6.42 Å². The van der Waals surface area contributed by atoms with Crippen LogP contribution in [0.5, 0.6) is 0 Å². The zero-order valence-electron chi connectivity index (χ0n) is 15.1. The van der Waals surface area contributed by atoms with Crippen LogP contribution in [0.3, 0.4) is 0 Å². The number of benzene rings is 3. The van der Waals surface area contributed by atoms with Crippen LogP contribution in [0.25, 0.3) is 10.9 Å². The molecule has 4 heteroatoms. The van der Waals surface area contributed by atoms with Crippen molar-refractivity contribution in [3.8, 4) is 0 Å². The number of hydrogen-bond acceptors (Lipinski definition) is 1. The van der Waals surface area contributed by atoms with Gasteiger partial charge in [0.15, 0.2) is 11.4 Å². The number of pyridine rings is 1. The Hall–Kier alpha value is -3.40. The van der Waals surface area contributed by atoms with Crippen LogP contribution in [-0.4, -0.2) is 12.3 Å². The maximum absolute atomic E-state index is 13.0. The molecule has 0 atom stereocenters. The Morgan fingerprint density at radius 3 is 1.96 bits per heavy atom. The van der Waals surface area contributed by atoms with Gasteiger partial charge in [-0.15, -0.1) is 10.9 Å². The van der Waals surface area contributed by atoms with Crippen molar-refractivity contribution in [3.05, 3.63) is 97.2 Å². The van der Waals surface area contributed by atoms with Gasteiger partial charge in [0.05, 0.1) is 5.69 Å². The fourth-order valence-corrected chi connectivity index (χ4v) is 4.80. The highest BCUT2D eigenvalue weighted by Gasteiger charge is 2.54. The number of hydrogen-bond donors (Lipinski definition) is 0. The Kier molecular flexibility index (Phi) is 3.41. The highest BCUT2D eigenvalue weighted by molar-refractivity contribution is 7.01. The van der Waals surface area contributed by atoms with E-state index in [0.29, 0.717) is 0 Å². The average Bonchev–Trinajstić information content (AvgIpc) is 3.03. The smallest absolute Gasteiger partial charge is 0.412 e. The monoisotopic (exact) mass is 350 g/mol. The van der Waals surface area contributed by atoms with Gasteiger partial charge in [-0.05, 0) is 24.3 Å². The Bertz CT molecular complexity index is 1110. The molecular formula is C23H19BN2O. The minimum atomic E-state index is -1.67. The molecule has 0 bridgehead atoms. The Labute approximate surface area is 158 Å². The van der Waals surface area contributed by atoms with Gasteiger partial charge in [-0.3, -0.25) is 4.79 Å². The van der Waals surface area contributed by atoms with E-state index in [1.165, 1.54) is 0 Å². The van der Waals surface area contributed by atoms with Gasteiger partial charge in [0.1, 0.15) is 6.20 Å². The number of amides is 1. The van der Waals surface area contributed by atoms with Crippen molar-refractivity contribution < 1.29 is 9.27 Å². The van der Waals surface area contributed by atoms with Crippen molar-refractivity contribution in [1.29, 1.82) is 0 Å². The minimum Gasteiger partial charge on any atom is -0.412 e. The Morgan fingerprint density at radius 2 is 1.37 bits per heavy atom. The topological polar surface area (TPSA) is 24.2 Å². The zero-order valence-corrected chi connectivity index (χ0v) is 15.1. The molecule has 0 N–H and O–H groups in total. The van der Waals surface area contributed by atoms with Gasteiger partial charge in [-0.1, -0.05) is 66.7 Å². The third-order valence-corrected chi connectivity index (χ3v) is 5.73. The normalized spacial score (nSPS) is 14.5. The van der Waals surface area contributed by atoms with Crippen molar-refractivity contribution >= 4 is 39.8 Å². The fraction of sp³-hybridized carbons (Fsp3) is 0.0435. The first kappa shape index (κ1) is 15.8. The standard InChI is InChI=1S/C23H19BN2O/c1-18(27)26-22-16-8-10-19-11-9-17-25(23(19)22)24(26,20-12-4-2-5-13-20)21-14-6-3-7-15-21/h2-17H,1H3. The van der Waals surface area contributed by atoms with Crippen molar-refractivity contribution in [2.45, 2.75) is 6.92 Å². The van der Waals surface area contributed by atoms with Gasteiger partial charge in [0, 0.05) is 12.3 Å². The largest absolute Gasteiger partial charge is 0.437 e. The summed E-state index contributed by atoms with van der Waals surface area (Å²) in [6.07, 6.45) is 0.441. The molecule has 1 aliphatic rings. The van der Waals surface area contributed by atoms with Gasteiger partial charge >= 0.3 is 6.42 Å². The predicted octanol–water partition coefficient (Wildman–Crippen LogP) is 2.60. The molecule has 130 valence electrons. The molecule has 5 rings (SSSR count). The maximum Gasteiger partial charge on any atom is 0.437 e. The molecule has 0 spiro atoms. The second-order valence-corrected chi connectivity index (χ2v) is 7.12. The summed E-state index contributed by atoms with van der Waals surface area (Å²) >= 11 is 0. The summed E-state index contributed by atoms with van der Waals surface area (Å²) in [5.74, 6) is 0.0407. The van der Waals surface area contributed by atoms with Crippen LogP contribution in [0.4, 0.5) is 5.69 Å². The van der Waals surface area contributed by atoms with Gasteiger partial charge in [-0.25, -0.2) is 0 Å². The summed E-state index contributed by atoms with van der Waals surface area (Å²) in [7, 11) is 0. The van der Waals surface area contributed by atoms with Crippen LogP contribution >= 0.6 is 0 Å². The van der Waals surface area contributed by atoms with Gasteiger partial charge < -0.3 is 9.29 Å². The number of carbonyl (C=O) groups is 1. The van der Waals surface area contributed by atoms with Gasteiger partial charge in [-0.2, -0.15) is 0 Å². The lowest BCUT2D eigenvalue weighted by molar-refractivity contribution is -0.508. The third kappa shape index (κ3) is 2.04. The van der Waals surface area contributed by atoms with Crippen LogP contribution in [0.15, 0.2) is 97.2 Å². The quantitative estimate of drug-likeness (QED) is 0.510. The maximum atomic E-state index is 13.0. The second-order valence-electron chi connectivity index (χ2n) is 7.12. The highest BCUT2D eigenvalue weighted by Crippen LogP contribution is 2.33. The summed E-state index contributed by atoms with van der Waals surface area (Å²) in [4.78, 5) is 15.0. The molecule has 1 amide bonds. The van der Waals surface area contributed by atoms with Gasteiger partial charge in [0.25, 0.3) is 0 Å². The first-order valence-electron chi connectivity index (χ1n) is 9.25. The first-order chi connectivity index (χ1) is 13.2. The van der Waals surface area contributed by atoms with Crippen LogP contribution < -0.4 is 20.2 Å². The summed E-state index contributed by atoms with van der Waals surface area (Å²) in [5.41, 5.74) is 4.30. The molecule has 4 aromatic rings. The van der Waals surface area contributed by atoms with Crippen LogP contribution in [0.1, 0.15) is 6.92 Å². The number of nitrogens with zero attached hydrogens (tertiary/aromatic N) is 2. The number of rotatable bonds is 2. The SMILES string of the molecule is CC(=O)N1c2cccc3ccc[n+](c23)[B-]1(c1ccccc1)c1ccccc1. The first-order valence-corrected chi connectivity index (χ1v) is 9.25. The van der Waals surface area contributed by atoms with Crippen LogP contribution in [0.2, 0.25) is 0 Å². The fourth-order valence-electron chi connectivity index (χ4n) is 4.80. The molecule has 0 aliphatic carbocycles. The molecule has 0 fully saturated rings. The molecule has 0 radical (unpaired) electrons. The van der Waals surface area contributed by atoms with E-state index in [0.717, 1.165) is 27.5 Å². The average molecular weight is 350 g/mol. The molecule has 2 heterocycles. The van der Waals surface area contributed by atoms with Crippen LogP contribution in [-0.2, 0) is 4.79 Å². The summed E-state index contributed by atoms with van der Waals surface area (Å²) in [6, 6.07) is 31.1. The van der Waals surface area contributed by atoms with E-state index in [1.807, 2.05) is 47.3 Å². The van der Waals surface area contributed by atoms with Crippen molar-refractivity contribution in [2.75, 3.05) is 4.81 Å².